The first-order chi connectivity index (χ1) is 8.90. The zero-order valence-corrected chi connectivity index (χ0v) is 10.9. The third-order valence-corrected chi connectivity index (χ3v) is 2.64. The Hall–Kier alpha value is -1.53. The zero-order valence-electron chi connectivity index (χ0n) is 10.9. The molecule has 0 aliphatic rings. The minimum atomic E-state index is -2.82. The summed E-state index contributed by atoms with van der Waals surface area (Å²) in [4.78, 5) is 11.7. The first-order valence-electron chi connectivity index (χ1n) is 5.97. The van der Waals surface area contributed by atoms with Crippen LogP contribution in [0, 0.1) is 6.92 Å². The molecule has 1 amide bonds. The molecule has 0 aliphatic heterocycles. The van der Waals surface area contributed by atoms with Crippen LogP contribution in [0.5, 0.6) is 0 Å². The van der Waals surface area contributed by atoms with Crippen LogP contribution in [-0.4, -0.2) is 36.1 Å². The summed E-state index contributed by atoms with van der Waals surface area (Å²) in [6, 6.07) is 6.56. The highest BCUT2D eigenvalue weighted by Crippen LogP contribution is 2.09. The molecule has 0 radical (unpaired) electrons. The summed E-state index contributed by atoms with van der Waals surface area (Å²) >= 11 is 0. The third-order valence-electron chi connectivity index (χ3n) is 2.64. The van der Waals surface area contributed by atoms with Gasteiger partial charge in [-0.3, -0.25) is 4.79 Å². The number of hydrogen-bond donors (Lipinski definition) is 3. The SMILES string of the molecule is Cc1ccc(NC(=O)C(C)NCC(O)C(F)F)cc1. The van der Waals surface area contributed by atoms with Crippen LogP contribution in [0.25, 0.3) is 0 Å². The summed E-state index contributed by atoms with van der Waals surface area (Å²) in [5.41, 5.74) is 1.71. The number of alkyl halides is 2. The van der Waals surface area contributed by atoms with Crippen molar-refractivity contribution >= 4 is 11.6 Å². The number of anilines is 1. The smallest absolute Gasteiger partial charge is 0.265 e. The molecular formula is C13H18F2N2O2. The molecule has 0 aliphatic carbocycles. The summed E-state index contributed by atoms with van der Waals surface area (Å²) in [6.45, 7) is 3.14. The second-order valence-corrected chi connectivity index (χ2v) is 4.39. The highest BCUT2D eigenvalue weighted by atomic mass is 19.3. The summed E-state index contributed by atoms with van der Waals surface area (Å²) in [5.74, 6) is -0.342. The molecule has 0 spiro atoms. The van der Waals surface area contributed by atoms with Crippen molar-refractivity contribution in [2.45, 2.75) is 32.4 Å². The van der Waals surface area contributed by atoms with Gasteiger partial charge < -0.3 is 15.7 Å². The van der Waals surface area contributed by atoms with Crippen LogP contribution in [0.4, 0.5) is 14.5 Å². The van der Waals surface area contributed by atoms with Crippen molar-refractivity contribution in [1.29, 1.82) is 0 Å². The second-order valence-electron chi connectivity index (χ2n) is 4.39. The Morgan fingerprint density at radius 1 is 1.32 bits per heavy atom. The van der Waals surface area contributed by atoms with Crippen molar-refractivity contribution in [3.63, 3.8) is 0 Å². The Balaban J connectivity index is 2.42. The molecule has 0 fully saturated rings. The molecule has 4 nitrogen and oxygen atoms in total. The van der Waals surface area contributed by atoms with E-state index in [1.165, 1.54) is 0 Å². The number of aryl methyl sites for hydroxylation is 1. The fourth-order valence-corrected chi connectivity index (χ4v) is 1.37. The Morgan fingerprint density at radius 3 is 2.42 bits per heavy atom. The van der Waals surface area contributed by atoms with E-state index in [9.17, 15) is 13.6 Å². The lowest BCUT2D eigenvalue weighted by Crippen LogP contribution is -2.43. The van der Waals surface area contributed by atoms with Crippen LogP contribution in [0.2, 0.25) is 0 Å². The molecular weight excluding hydrogens is 254 g/mol. The maximum atomic E-state index is 12.1. The van der Waals surface area contributed by atoms with E-state index in [1.807, 2.05) is 19.1 Å². The number of aliphatic hydroxyl groups excluding tert-OH is 1. The molecule has 0 aromatic heterocycles. The maximum absolute atomic E-state index is 12.1. The van der Waals surface area contributed by atoms with Crippen LogP contribution >= 0.6 is 0 Å². The molecule has 3 N–H and O–H groups in total. The number of benzene rings is 1. The van der Waals surface area contributed by atoms with Crippen molar-refractivity contribution in [3.8, 4) is 0 Å². The predicted octanol–water partition coefficient (Wildman–Crippen LogP) is 1.54. The molecule has 6 heteroatoms. The van der Waals surface area contributed by atoms with Gasteiger partial charge in [-0.25, -0.2) is 8.78 Å². The van der Waals surface area contributed by atoms with Gasteiger partial charge in [0.15, 0.2) is 0 Å². The predicted molar refractivity (Wildman–Crippen MR) is 69.3 cm³/mol. The lowest BCUT2D eigenvalue weighted by molar-refractivity contribution is -0.118. The number of aliphatic hydroxyl groups is 1. The van der Waals surface area contributed by atoms with Crippen LogP contribution in [0.15, 0.2) is 24.3 Å². The normalized spacial score (nSPS) is 14.2. The van der Waals surface area contributed by atoms with Gasteiger partial charge in [-0.05, 0) is 26.0 Å². The number of nitrogens with one attached hydrogen (secondary N) is 2. The molecule has 1 rings (SSSR count). The van der Waals surface area contributed by atoms with Gasteiger partial charge in [-0.1, -0.05) is 17.7 Å². The highest BCUT2D eigenvalue weighted by Gasteiger charge is 2.19. The van der Waals surface area contributed by atoms with E-state index in [1.54, 1.807) is 19.1 Å². The zero-order chi connectivity index (χ0) is 14.4. The lowest BCUT2D eigenvalue weighted by Gasteiger charge is -2.16. The van der Waals surface area contributed by atoms with Crippen LogP contribution < -0.4 is 10.6 Å². The van der Waals surface area contributed by atoms with E-state index < -0.39 is 18.6 Å². The lowest BCUT2D eigenvalue weighted by atomic mass is 10.2. The largest absolute Gasteiger partial charge is 0.386 e. The van der Waals surface area contributed by atoms with Gasteiger partial charge in [0.2, 0.25) is 5.91 Å². The molecule has 0 saturated heterocycles. The van der Waals surface area contributed by atoms with Gasteiger partial charge in [-0.2, -0.15) is 0 Å². The summed E-state index contributed by atoms with van der Waals surface area (Å²) in [7, 11) is 0. The van der Waals surface area contributed by atoms with Crippen LogP contribution in [0.3, 0.4) is 0 Å². The summed E-state index contributed by atoms with van der Waals surface area (Å²) < 4.78 is 24.1. The van der Waals surface area contributed by atoms with Gasteiger partial charge in [0.25, 0.3) is 6.43 Å². The molecule has 0 heterocycles. The molecule has 1 aromatic carbocycles. The number of hydrogen-bond acceptors (Lipinski definition) is 3. The third kappa shape index (κ3) is 5.32. The minimum absolute atomic E-state index is 0.333. The van der Waals surface area contributed by atoms with E-state index in [4.69, 9.17) is 5.11 Å². The van der Waals surface area contributed by atoms with E-state index >= 15 is 0 Å². The van der Waals surface area contributed by atoms with Gasteiger partial charge in [0, 0.05) is 12.2 Å². The molecule has 19 heavy (non-hydrogen) atoms. The van der Waals surface area contributed by atoms with Gasteiger partial charge >= 0.3 is 0 Å². The monoisotopic (exact) mass is 272 g/mol. The van der Waals surface area contributed by atoms with Crippen LogP contribution in [0.1, 0.15) is 12.5 Å². The molecule has 2 unspecified atom stereocenters. The van der Waals surface area contributed by atoms with E-state index in [0.29, 0.717) is 5.69 Å². The number of amides is 1. The fourth-order valence-electron chi connectivity index (χ4n) is 1.37. The first-order valence-corrected chi connectivity index (χ1v) is 5.97. The highest BCUT2D eigenvalue weighted by molar-refractivity contribution is 5.94. The van der Waals surface area contributed by atoms with Crippen LogP contribution in [-0.2, 0) is 4.79 Å². The van der Waals surface area contributed by atoms with Crippen molar-refractivity contribution in [3.05, 3.63) is 29.8 Å². The summed E-state index contributed by atoms with van der Waals surface area (Å²) in [5, 5.41) is 14.1. The molecule has 0 saturated carbocycles. The fraction of sp³-hybridized carbons (Fsp3) is 0.462. The Labute approximate surface area is 110 Å². The van der Waals surface area contributed by atoms with Crippen molar-refractivity contribution in [2.24, 2.45) is 0 Å². The van der Waals surface area contributed by atoms with Crippen molar-refractivity contribution in [1.82, 2.24) is 5.32 Å². The van der Waals surface area contributed by atoms with E-state index in [0.717, 1.165) is 5.56 Å². The topological polar surface area (TPSA) is 61.4 Å². The average Bonchev–Trinajstić information content (AvgIpc) is 2.37. The molecule has 106 valence electrons. The number of carbonyl (C=O) groups excluding carboxylic acids is 1. The first kappa shape index (κ1) is 15.5. The number of carbonyl (C=O) groups is 1. The molecule has 1 aromatic rings. The number of rotatable bonds is 6. The van der Waals surface area contributed by atoms with Gasteiger partial charge in [0.1, 0.15) is 6.10 Å². The van der Waals surface area contributed by atoms with E-state index in [-0.39, 0.29) is 12.5 Å². The van der Waals surface area contributed by atoms with Gasteiger partial charge in [-0.15, -0.1) is 0 Å². The van der Waals surface area contributed by atoms with Gasteiger partial charge in [0.05, 0.1) is 6.04 Å². The summed E-state index contributed by atoms with van der Waals surface area (Å²) in [6.07, 6.45) is -4.59. The maximum Gasteiger partial charge on any atom is 0.265 e. The Kier molecular flexibility index (Phi) is 5.85. The Morgan fingerprint density at radius 2 is 1.89 bits per heavy atom. The minimum Gasteiger partial charge on any atom is -0.386 e. The van der Waals surface area contributed by atoms with E-state index in [2.05, 4.69) is 10.6 Å². The number of halogens is 2. The Bertz CT molecular complexity index is 410. The molecule has 2 atom stereocenters. The van der Waals surface area contributed by atoms with Crippen molar-refractivity contribution in [2.75, 3.05) is 11.9 Å². The average molecular weight is 272 g/mol. The van der Waals surface area contributed by atoms with Crippen molar-refractivity contribution < 1.29 is 18.7 Å². The molecule has 0 bridgehead atoms. The quantitative estimate of drug-likeness (QED) is 0.736. The second kappa shape index (κ2) is 7.16. The standard InChI is InChI=1S/C13H18F2N2O2/c1-8-3-5-10(6-4-8)17-13(19)9(2)16-7-11(18)12(14)15/h3-6,9,11-12,16,18H,7H2,1-2H3,(H,17,19).